The van der Waals surface area contributed by atoms with Crippen LogP contribution in [0.15, 0.2) is 65.2 Å². The van der Waals surface area contributed by atoms with Gasteiger partial charge in [-0.05, 0) is 73.1 Å². The molecule has 3 saturated heterocycles. The highest BCUT2D eigenvalue weighted by Gasteiger charge is 2.46. The average molecular weight is 665 g/mol. The number of nitrogens with two attached hydrogens (primary N) is 1. The molecule has 244 valence electrons. The Labute approximate surface area is 270 Å². The molecular formula is C33H39ClF2N2O6S. The van der Waals surface area contributed by atoms with Crippen LogP contribution in [0.1, 0.15) is 30.1 Å². The third-order valence-corrected chi connectivity index (χ3v) is 10.5. The molecule has 1 aliphatic carbocycles. The highest BCUT2D eigenvalue weighted by molar-refractivity contribution is 7.99. The number of aliphatic hydroxyl groups is 3. The highest BCUT2D eigenvalue weighted by atomic mass is 35.5. The summed E-state index contributed by atoms with van der Waals surface area (Å²) in [6.07, 6.45) is 2.32. The van der Waals surface area contributed by atoms with E-state index in [-0.39, 0.29) is 23.6 Å². The SMILES string of the molecule is CS[C@H]1O[C@@H](C2C=CC(Cl)=C(Cc3ccc(OC4CN([C@H]5CO[C@H](c6cc(F)ccc6F)[C@@H](N)C5)C4)cc3)C2)[C@H](O)[C@@H](O)[C@@H]1O. The van der Waals surface area contributed by atoms with Gasteiger partial charge in [-0.1, -0.05) is 29.8 Å². The van der Waals surface area contributed by atoms with Crippen molar-refractivity contribution in [3.05, 3.63) is 88.0 Å². The largest absolute Gasteiger partial charge is 0.488 e. The number of ether oxygens (including phenoxy) is 3. The van der Waals surface area contributed by atoms with Crippen LogP contribution in [-0.2, 0) is 15.9 Å². The Balaban J connectivity index is 0.980. The number of hydrogen-bond acceptors (Lipinski definition) is 9. The summed E-state index contributed by atoms with van der Waals surface area (Å²) in [5.74, 6) is -0.466. The molecule has 5 N–H and O–H groups in total. The van der Waals surface area contributed by atoms with Gasteiger partial charge in [0.05, 0.1) is 12.7 Å². The molecule has 9 atom stereocenters. The molecule has 2 aromatic rings. The molecule has 8 nitrogen and oxygen atoms in total. The molecular weight excluding hydrogens is 626 g/mol. The molecule has 3 aliphatic heterocycles. The topological polar surface area (TPSA) is 118 Å². The summed E-state index contributed by atoms with van der Waals surface area (Å²) in [7, 11) is 0. The van der Waals surface area contributed by atoms with Crippen molar-refractivity contribution in [3.8, 4) is 5.75 Å². The van der Waals surface area contributed by atoms with Crippen LogP contribution in [0.4, 0.5) is 8.78 Å². The van der Waals surface area contributed by atoms with Gasteiger partial charge >= 0.3 is 0 Å². The summed E-state index contributed by atoms with van der Waals surface area (Å²) in [6, 6.07) is 10.9. The van der Waals surface area contributed by atoms with Crippen LogP contribution >= 0.6 is 23.4 Å². The molecule has 3 fully saturated rings. The first kappa shape index (κ1) is 32.9. The van der Waals surface area contributed by atoms with Gasteiger partial charge in [0.2, 0.25) is 0 Å². The molecule has 6 rings (SSSR count). The molecule has 4 aliphatic rings. The van der Waals surface area contributed by atoms with Crippen LogP contribution in [-0.4, -0.2) is 94.2 Å². The normalized spacial score (nSPS) is 34.5. The van der Waals surface area contributed by atoms with Gasteiger partial charge in [-0.3, -0.25) is 4.90 Å². The monoisotopic (exact) mass is 664 g/mol. The van der Waals surface area contributed by atoms with Crippen molar-refractivity contribution in [2.45, 2.75) is 73.4 Å². The second kappa shape index (κ2) is 14.0. The third kappa shape index (κ3) is 7.12. The summed E-state index contributed by atoms with van der Waals surface area (Å²) >= 11 is 7.86. The summed E-state index contributed by atoms with van der Waals surface area (Å²) in [5, 5.41) is 31.9. The molecule has 0 radical (unpaired) electrons. The number of aliphatic hydroxyl groups excluding tert-OH is 3. The van der Waals surface area contributed by atoms with Gasteiger partial charge in [0.25, 0.3) is 0 Å². The van der Waals surface area contributed by atoms with Crippen LogP contribution < -0.4 is 10.5 Å². The number of halogens is 3. The van der Waals surface area contributed by atoms with Crippen molar-refractivity contribution in [2.24, 2.45) is 11.7 Å². The first-order valence-electron chi connectivity index (χ1n) is 15.2. The fourth-order valence-corrected chi connectivity index (χ4v) is 7.60. The van der Waals surface area contributed by atoms with E-state index in [1.165, 1.54) is 11.8 Å². The standard InChI is InChI=1S/C33H39ClF2N2O6S/c1-45-33-30(41)28(39)29(40)31(44-33)18-4-8-25(34)19(11-18)10-17-2-6-22(7-3-17)43-23-14-38(15-23)21-13-27(37)32(42-16-21)24-12-20(35)5-9-26(24)36/h2-9,12,18,21,23,27-33,39-41H,10-11,13-16,37H2,1H3/t18?,21-,27+,28-,29-,30+,31+,32-,33-/m1/s1. The minimum absolute atomic E-state index is 0.0211. The van der Waals surface area contributed by atoms with E-state index in [2.05, 4.69) is 4.90 Å². The van der Waals surface area contributed by atoms with Gasteiger partial charge in [0, 0.05) is 41.7 Å². The van der Waals surface area contributed by atoms with E-state index in [1.807, 2.05) is 36.4 Å². The van der Waals surface area contributed by atoms with Crippen molar-refractivity contribution < 1.29 is 38.3 Å². The van der Waals surface area contributed by atoms with Crippen molar-refractivity contribution in [1.82, 2.24) is 4.90 Å². The molecule has 0 spiro atoms. The fourth-order valence-electron chi connectivity index (χ4n) is 6.70. The van der Waals surface area contributed by atoms with Gasteiger partial charge in [0.15, 0.2) is 0 Å². The summed E-state index contributed by atoms with van der Waals surface area (Å²) in [4.78, 5) is 2.24. The van der Waals surface area contributed by atoms with Gasteiger partial charge in [-0.2, -0.15) is 0 Å². The molecule has 0 bridgehead atoms. The van der Waals surface area contributed by atoms with Crippen LogP contribution in [0.25, 0.3) is 0 Å². The molecule has 12 heteroatoms. The Bertz CT molecular complexity index is 1410. The fraction of sp³-hybridized carbons (Fsp3) is 0.515. The third-order valence-electron chi connectivity index (χ3n) is 9.27. The Morgan fingerprint density at radius 2 is 1.82 bits per heavy atom. The number of nitrogens with zero attached hydrogens (tertiary/aromatic N) is 1. The highest BCUT2D eigenvalue weighted by Crippen LogP contribution is 2.38. The van der Waals surface area contributed by atoms with E-state index in [4.69, 9.17) is 31.5 Å². The molecule has 3 heterocycles. The lowest BCUT2D eigenvalue weighted by Crippen LogP contribution is -2.61. The van der Waals surface area contributed by atoms with Crippen LogP contribution in [0, 0.1) is 17.6 Å². The summed E-state index contributed by atoms with van der Waals surface area (Å²) in [6.45, 7) is 1.82. The second-order valence-electron chi connectivity index (χ2n) is 12.3. The maximum atomic E-state index is 14.3. The Kier molecular flexibility index (Phi) is 10.2. The average Bonchev–Trinajstić information content (AvgIpc) is 3.01. The number of rotatable bonds is 8. The smallest absolute Gasteiger partial charge is 0.132 e. The van der Waals surface area contributed by atoms with E-state index in [0.717, 1.165) is 48.2 Å². The number of likely N-dealkylation sites (tertiary alicyclic amines) is 1. The Morgan fingerprint density at radius 1 is 1.07 bits per heavy atom. The number of thioether (sulfide) groups is 1. The van der Waals surface area contributed by atoms with E-state index < -0.39 is 53.6 Å². The lowest BCUT2D eigenvalue weighted by Gasteiger charge is -2.47. The predicted molar refractivity (Wildman–Crippen MR) is 168 cm³/mol. The van der Waals surface area contributed by atoms with Crippen LogP contribution in [0.2, 0.25) is 0 Å². The van der Waals surface area contributed by atoms with Gasteiger partial charge in [0.1, 0.15) is 53.3 Å². The zero-order valence-electron chi connectivity index (χ0n) is 24.8. The number of hydrogen-bond donors (Lipinski definition) is 4. The van der Waals surface area contributed by atoms with Gasteiger partial charge in [-0.15, -0.1) is 11.8 Å². The quantitative estimate of drug-likeness (QED) is 0.336. The maximum Gasteiger partial charge on any atom is 0.132 e. The first-order valence-corrected chi connectivity index (χ1v) is 16.9. The van der Waals surface area contributed by atoms with Crippen molar-refractivity contribution >= 4 is 23.4 Å². The molecule has 1 unspecified atom stereocenters. The minimum Gasteiger partial charge on any atom is -0.488 e. The molecule has 45 heavy (non-hydrogen) atoms. The zero-order chi connectivity index (χ0) is 31.8. The Morgan fingerprint density at radius 3 is 2.53 bits per heavy atom. The van der Waals surface area contributed by atoms with Crippen molar-refractivity contribution in [3.63, 3.8) is 0 Å². The lowest BCUT2D eigenvalue weighted by molar-refractivity contribution is -0.206. The van der Waals surface area contributed by atoms with E-state index >= 15 is 0 Å². The minimum atomic E-state index is -1.28. The first-order chi connectivity index (χ1) is 21.6. The second-order valence-corrected chi connectivity index (χ2v) is 13.7. The number of benzene rings is 2. The molecule has 0 saturated carbocycles. The molecule has 0 aromatic heterocycles. The maximum absolute atomic E-state index is 14.3. The van der Waals surface area contributed by atoms with Crippen LogP contribution in [0.5, 0.6) is 5.75 Å². The Hall–Kier alpha value is -2.06. The number of allylic oxidation sites excluding steroid dienone is 3. The molecule has 0 amide bonds. The van der Waals surface area contributed by atoms with Crippen molar-refractivity contribution in [2.75, 3.05) is 26.0 Å². The zero-order valence-corrected chi connectivity index (χ0v) is 26.4. The van der Waals surface area contributed by atoms with Crippen molar-refractivity contribution in [1.29, 1.82) is 0 Å². The van der Waals surface area contributed by atoms with E-state index in [0.29, 0.717) is 30.9 Å². The summed E-state index contributed by atoms with van der Waals surface area (Å²) in [5.41, 5.74) is 7.93. The lowest BCUT2D eigenvalue weighted by atomic mass is 9.82. The predicted octanol–water partition coefficient (Wildman–Crippen LogP) is 3.67. The van der Waals surface area contributed by atoms with E-state index in [1.54, 1.807) is 6.26 Å². The van der Waals surface area contributed by atoms with E-state index in [9.17, 15) is 24.1 Å². The summed E-state index contributed by atoms with van der Waals surface area (Å²) < 4.78 is 46.0. The van der Waals surface area contributed by atoms with Gasteiger partial charge < -0.3 is 35.3 Å². The van der Waals surface area contributed by atoms with Crippen LogP contribution in [0.3, 0.4) is 0 Å². The van der Waals surface area contributed by atoms with Gasteiger partial charge in [-0.25, -0.2) is 8.78 Å². The molecule has 2 aromatic carbocycles.